The minimum Gasteiger partial charge on any atom is -0.377 e. The van der Waals surface area contributed by atoms with E-state index in [9.17, 15) is 4.39 Å². The summed E-state index contributed by atoms with van der Waals surface area (Å²) in [7, 11) is 1.78. The average Bonchev–Trinajstić information content (AvgIpc) is 2.95. The molecule has 1 aromatic rings. The van der Waals surface area contributed by atoms with Crippen LogP contribution >= 0.6 is 11.6 Å². The van der Waals surface area contributed by atoms with Crippen LogP contribution < -0.4 is 5.32 Å². The Morgan fingerprint density at radius 2 is 2.10 bits per heavy atom. The topological polar surface area (TPSA) is 21.3 Å². The van der Waals surface area contributed by atoms with E-state index in [0.717, 1.165) is 25.8 Å². The Hall–Kier alpha value is -0.640. The van der Waals surface area contributed by atoms with Gasteiger partial charge in [-0.25, -0.2) is 4.39 Å². The molecular formula is C17H25ClFNO. The molecule has 0 amide bonds. The van der Waals surface area contributed by atoms with Gasteiger partial charge in [-0.3, -0.25) is 0 Å². The molecule has 0 bridgehead atoms. The zero-order valence-electron chi connectivity index (χ0n) is 12.9. The molecule has 1 N–H and O–H groups in total. The number of rotatable bonds is 7. The summed E-state index contributed by atoms with van der Waals surface area (Å²) in [6.45, 7) is 3.06. The van der Waals surface area contributed by atoms with Gasteiger partial charge in [-0.1, -0.05) is 37.4 Å². The van der Waals surface area contributed by atoms with Crippen LogP contribution in [0.4, 0.5) is 4.39 Å². The molecule has 1 unspecified atom stereocenters. The number of hydrogen-bond acceptors (Lipinski definition) is 2. The van der Waals surface area contributed by atoms with Crippen LogP contribution in [0.3, 0.4) is 0 Å². The zero-order valence-corrected chi connectivity index (χ0v) is 13.7. The Labute approximate surface area is 132 Å². The molecule has 0 saturated heterocycles. The van der Waals surface area contributed by atoms with Crippen LogP contribution in [0.5, 0.6) is 0 Å². The molecule has 2 nitrogen and oxygen atoms in total. The number of hydrogen-bond donors (Lipinski definition) is 1. The van der Waals surface area contributed by atoms with Crippen molar-refractivity contribution < 1.29 is 9.13 Å². The van der Waals surface area contributed by atoms with Crippen LogP contribution in [-0.2, 0) is 11.2 Å². The van der Waals surface area contributed by atoms with E-state index in [0.29, 0.717) is 17.0 Å². The molecule has 1 atom stereocenters. The van der Waals surface area contributed by atoms with E-state index in [1.54, 1.807) is 19.2 Å². The van der Waals surface area contributed by atoms with E-state index in [-0.39, 0.29) is 17.5 Å². The van der Waals surface area contributed by atoms with Crippen LogP contribution in [0.1, 0.15) is 44.6 Å². The minimum absolute atomic E-state index is 0.139. The van der Waals surface area contributed by atoms with Gasteiger partial charge in [-0.05, 0) is 49.9 Å². The second-order valence-electron chi connectivity index (χ2n) is 5.92. The number of halogens is 2. The van der Waals surface area contributed by atoms with Gasteiger partial charge < -0.3 is 10.1 Å². The fourth-order valence-electron chi connectivity index (χ4n) is 3.34. The fourth-order valence-corrected chi connectivity index (χ4v) is 3.50. The van der Waals surface area contributed by atoms with Crippen molar-refractivity contribution in [3.8, 4) is 0 Å². The molecule has 0 aromatic heterocycles. The van der Waals surface area contributed by atoms with Crippen LogP contribution in [0.2, 0.25) is 5.02 Å². The second-order valence-corrected chi connectivity index (χ2v) is 6.36. The van der Waals surface area contributed by atoms with Crippen molar-refractivity contribution in [2.24, 2.45) is 0 Å². The lowest BCUT2D eigenvalue weighted by atomic mass is 9.87. The predicted octanol–water partition coefficient (Wildman–Crippen LogP) is 4.35. The SMILES string of the molecule is CCCNC(Cc1ccc(Cl)cc1F)C1(OC)CCCC1. The molecule has 118 valence electrons. The van der Waals surface area contributed by atoms with Crippen molar-refractivity contribution in [3.05, 3.63) is 34.6 Å². The third-order valence-corrected chi connectivity index (χ3v) is 4.81. The maximum absolute atomic E-state index is 14.1. The summed E-state index contributed by atoms with van der Waals surface area (Å²) < 4.78 is 20.0. The van der Waals surface area contributed by atoms with Gasteiger partial charge in [0.15, 0.2) is 0 Å². The van der Waals surface area contributed by atoms with Crippen molar-refractivity contribution >= 4 is 11.6 Å². The van der Waals surface area contributed by atoms with Gasteiger partial charge in [0.05, 0.1) is 5.60 Å². The van der Waals surface area contributed by atoms with Crippen LogP contribution in [-0.4, -0.2) is 25.3 Å². The number of ether oxygens (including phenoxy) is 1. The van der Waals surface area contributed by atoms with E-state index in [1.165, 1.54) is 18.9 Å². The lowest BCUT2D eigenvalue weighted by Gasteiger charge is -2.37. The van der Waals surface area contributed by atoms with Crippen molar-refractivity contribution in [2.45, 2.75) is 57.1 Å². The molecule has 0 heterocycles. The minimum atomic E-state index is -0.227. The van der Waals surface area contributed by atoms with Crippen molar-refractivity contribution in [2.75, 3.05) is 13.7 Å². The Balaban J connectivity index is 2.19. The van der Waals surface area contributed by atoms with Gasteiger partial charge >= 0.3 is 0 Å². The lowest BCUT2D eigenvalue weighted by molar-refractivity contribution is -0.0356. The molecule has 0 aliphatic heterocycles. The first-order valence-electron chi connectivity index (χ1n) is 7.84. The predicted molar refractivity (Wildman–Crippen MR) is 85.4 cm³/mol. The smallest absolute Gasteiger partial charge is 0.127 e. The monoisotopic (exact) mass is 313 g/mol. The first-order valence-corrected chi connectivity index (χ1v) is 8.21. The van der Waals surface area contributed by atoms with Gasteiger partial charge in [-0.2, -0.15) is 0 Å². The first-order chi connectivity index (χ1) is 10.1. The molecular weight excluding hydrogens is 289 g/mol. The highest BCUT2D eigenvalue weighted by Crippen LogP contribution is 2.37. The van der Waals surface area contributed by atoms with Crippen LogP contribution in [0.25, 0.3) is 0 Å². The summed E-state index contributed by atoms with van der Waals surface area (Å²) in [5.74, 6) is -0.227. The standard InChI is InChI=1S/C17H25ClFNO/c1-3-10-20-16(17(21-2)8-4-5-9-17)11-13-6-7-14(18)12-15(13)19/h6-7,12,16,20H,3-5,8-11H2,1-2H3. The number of benzene rings is 1. The van der Waals surface area contributed by atoms with Crippen molar-refractivity contribution in [1.82, 2.24) is 5.32 Å². The summed E-state index contributed by atoms with van der Waals surface area (Å²) in [4.78, 5) is 0. The average molecular weight is 314 g/mol. The molecule has 1 aliphatic carbocycles. The Morgan fingerprint density at radius 1 is 1.38 bits per heavy atom. The first kappa shape index (κ1) is 16.7. The largest absolute Gasteiger partial charge is 0.377 e. The molecule has 0 radical (unpaired) electrons. The van der Waals surface area contributed by atoms with Crippen molar-refractivity contribution in [1.29, 1.82) is 0 Å². The Bertz CT molecular complexity index is 460. The maximum Gasteiger partial charge on any atom is 0.127 e. The van der Waals surface area contributed by atoms with E-state index in [1.807, 2.05) is 0 Å². The molecule has 1 aliphatic rings. The van der Waals surface area contributed by atoms with Gasteiger partial charge in [0, 0.05) is 18.2 Å². The Morgan fingerprint density at radius 3 is 2.67 bits per heavy atom. The third-order valence-electron chi connectivity index (χ3n) is 4.57. The van der Waals surface area contributed by atoms with Gasteiger partial charge in [-0.15, -0.1) is 0 Å². The zero-order chi connectivity index (χ0) is 15.3. The second kappa shape index (κ2) is 7.57. The summed E-state index contributed by atoms with van der Waals surface area (Å²) in [6.07, 6.45) is 6.14. The summed E-state index contributed by atoms with van der Waals surface area (Å²) in [6, 6.07) is 5.07. The highest BCUT2D eigenvalue weighted by atomic mass is 35.5. The molecule has 1 saturated carbocycles. The van der Waals surface area contributed by atoms with Gasteiger partial charge in [0.1, 0.15) is 5.82 Å². The normalized spacial score (nSPS) is 18.9. The van der Waals surface area contributed by atoms with Gasteiger partial charge in [0.2, 0.25) is 0 Å². The number of nitrogens with one attached hydrogen (secondary N) is 1. The highest BCUT2D eigenvalue weighted by molar-refractivity contribution is 6.30. The third kappa shape index (κ3) is 3.97. The summed E-state index contributed by atoms with van der Waals surface area (Å²) in [5.41, 5.74) is 0.540. The molecule has 1 aromatic carbocycles. The summed E-state index contributed by atoms with van der Waals surface area (Å²) >= 11 is 5.84. The van der Waals surface area contributed by atoms with E-state index in [4.69, 9.17) is 16.3 Å². The van der Waals surface area contributed by atoms with Crippen LogP contribution in [0, 0.1) is 5.82 Å². The van der Waals surface area contributed by atoms with E-state index >= 15 is 0 Å². The van der Waals surface area contributed by atoms with E-state index in [2.05, 4.69) is 12.2 Å². The molecule has 4 heteroatoms. The summed E-state index contributed by atoms with van der Waals surface area (Å²) in [5, 5.41) is 4.01. The molecule has 1 fully saturated rings. The van der Waals surface area contributed by atoms with Gasteiger partial charge in [0.25, 0.3) is 0 Å². The van der Waals surface area contributed by atoms with E-state index < -0.39 is 0 Å². The number of methoxy groups -OCH3 is 1. The maximum atomic E-state index is 14.1. The highest BCUT2D eigenvalue weighted by Gasteiger charge is 2.41. The molecule has 0 spiro atoms. The Kier molecular flexibility index (Phi) is 6.03. The molecule has 21 heavy (non-hydrogen) atoms. The van der Waals surface area contributed by atoms with Crippen LogP contribution in [0.15, 0.2) is 18.2 Å². The quantitative estimate of drug-likeness (QED) is 0.808. The lowest BCUT2D eigenvalue weighted by Crippen LogP contribution is -2.52. The fraction of sp³-hybridized carbons (Fsp3) is 0.647. The van der Waals surface area contributed by atoms with Crippen molar-refractivity contribution in [3.63, 3.8) is 0 Å². The molecule has 2 rings (SSSR count).